The number of hydrogen-bond donors (Lipinski definition) is 0. The van der Waals surface area contributed by atoms with Crippen molar-refractivity contribution in [2.24, 2.45) is 0 Å². The van der Waals surface area contributed by atoms with Crippen molar-refractivity contribution in [1.29, 1.82) is 0 Å². The second-order valence-electron chi connectivity index (χ2n) is 4.29. The van der Waals surface area contributed by atoms with Crippen LogP contribution < -0.4 is 0 Å². The highest BCUT2D eigenvalue weighted by Crippen LogP contribution is 2.27. The van der Waals surface area contributed by atoms with Crippen molar-refractivity contribution in [3.05, 3.63) is 23.8 Å². The molecule has 1 rings (SSSR count). The summed E-state index contributed by atoms with van der Waals surface area (Å²) < 4.78 is 41.5. The van der Waals surface area contributed by atoms with Crippen LogP contribution in [0.25, 0.3) is 0 Å². The van der Waals surface area contributed by atoms with Crippen LogP contribution in [0.3, 0.4) is 0 Å². The van der Waals surface area contributed by atoms with Gasteiger partial charge in [0.15, 0.2) is 0 Å². The first-order chi connectivity index (χ1) is 7.59. The number of hydrogen-bond acceptors (Lipinski definition) is 4. The third kappa shape index (κ3) is 4.01. The van der Waals surface area contributed by atoms with Crippen LogP contribution in [0.4, 0.5) is 13.2 Å². The van der Waals surface area contributed by atoms with Crippen LogP contribution in [0.1, 0.15) is 37.0 Å². The average molecular weight is 248 g/mol. The summed E-state index contributed by atoms with van der Waals surface area (Å²) in [6.45, 7) is 4.90. The average Bonchev–Trinajstić information content (AvgIpc) is 2.14. The minimum Gasteiger partial charge on any atom is -0.454 e. The van der Waals surface area contributed by atoms with Gasteiger partial charge in [-0.25, -0.2) is 14.8 Å². The summed E-state index contributed by atoms with van der Waals surface area (Å²) in [6, 6.07) is 0. The minimum atomic E-state index is -4.52. The van der Waals surface area contributed by atoms with Gasteiger partial charge in [-0.2, -0.15) is 13.2 Å². The van der Waals surface area contributed by atoms with E-state index in [-0.39, 0.29) is 0 Å². The standard InChI is InChI=1S/C10H11F3N2O2/c1-9(2,3)17-8(16)7-14-4-6(5-15-7)10(11,12)13/h4-5H,1-3H3. The molecule has 0 bridgehead atoms. The number of esters is 1. The summed E-state index contributed by atoms with van der Waals surface area (Å²) in [5, 5.41) is 0. The van der Waals surface area contributed by atoms with Crippen molar-refractivity contribution < 1.29 is 22.7 Å². The Morgan fingerprint density at radius 2 is 1.65 bits per heavy atom. The number of alkyl halides is 3. The Labute approximate surface area is 95.8 Å². The Morgan fingerprint density at radius 1 is 1.18 bits per heavy atom. The molecule has 0 aliphatic rings. The molecule has 17 heavy (non-hydrogen) atoms. The molecule has 0 radical (unpaired) electrons. The zero-order valence-electron chi connectivity index (χ0n) is 9.50. The maximum absolute atomic E-state index is 12.2. The van der Waals surface area contributed by atoms with Gasteiger partial charge in [0.25, 0.3) is 0 Å². The third-order valence-corrected chi connectivity index (χ3v) is 1.56. The first-order valence-corrected chi connectivity index (χ1v) is 4.72. The molecule has 0 saturated heterocycles. The summed E-state index contributed by atoms with van der Waals surface area (Å²) in [4.78, 5) is 18.0. The molecule has 0 N–H and O–H groups in total. The molecule has 0 fully saturated rings. The fourth-order valence-corrected chi connectivity index (χ4v) is 0.904. The van der Waals surface area contributed by atoms with E-state index in [0.717, 1.165) is 0 Å². The molecule has 1 aromatic rings. The summed E-state index contributed by atoms with van der Waals surface area (Å²) in [7, 11) is 0. The molecule has 0 unspecified atom stereocenters. The molecular weight excluding hydrogens is 237 g/mol. The zero-order chi connectivity index (χ0) is 13.3. The minimum absolute atomic E-state index is 0.395. The molecule has 94 valence electrons. The number of carbonyl (C=O) groups is 1. The summed E-state index contributed by atoms with van der Waals surface area (Å²) in [6.07, 6.45) is -3.43. The largest absolute Gasteiger partial charge is 0.454 e. The van der Waals surface area contributed by atoms with Crippen LogP contribution in [-0.2, 0) is 10.9 Å². The highest BCUT2D eigenvalue weighted by molar-refractivity contribution is 5.85. The van der Waals surface area contributed by atoms with Gasteiger partial charge in [0.05, 0.1) is 5.56 Å². The zero-order valence-corrected chi connectivity index (χ0v) is 9.50. The monoisotopic (exact) mass is 248 g/mol. The summed E-state index contributed by atoms with van der Waals surface area (Å²) >= 11 is 0. The van der Waals surface area contributed by atoms with Crippen molar-refractivity contribution in [2.45, 2.75) is 32.5 Å². The van der Waals surface area contributed by atoms with E-state index in [1.807, 2.05) is 0 Å². The van der Waals surface area contributed by atoms with E-state index in [1.165, 1.54) is 0 Å². The molecule has 4 nitrogen and oxygen atoms in total. The van der Waals surface area contributed by atoms with Gasteiger partial charge < -0.3 is 4.74 Å². The number of aromatic nitrogens is 2. The number of nitrogens with zero attached hydrogens (tertiary/aromatic N) is 2. The summed E-state index contributed by atoms with van der Waals surface area (Å²) in [5.41, 5.74) is -1.76. The lowest BCUT2D eigenvalue weighted by Gasteiger charge is -2.18. The first kappa shape index (κ1) is 13.4. The van der Waals surface area contributed by atoms with Crippen LogP contribution in [0.2, 0.25) is 0 Å². The maximum Gasteiger partial charge on any atom is 0.419 e. The van der Waals surface area contributed by atoms with E-state index in [2.05, 4.69) is 9.97 Å². The van der Waals surface area contributed by atoms with Crippen LogP contribution in [0.15, 0.2) is 12.4 Å². The molecular formula is C10H11F3N2O2. The van der Waals surface area contributed by atoms with Crippen LogP contribution in [0.5, 0.6) is 0 Å². The lowest BCUT2D eigenvalue weighted by Crippen LogP contribution is -2.25. The van der Waals surface area contributed by atoms with Crippen molar-refractivity contribution in [2.75, 3.05) is 0 Å². The van der Waals surface area contributed by atoms with Crippen molar-refractivity contribution in [1.82, 2.24) is 9.97 Å². The van der Waals surface area contributed by atoms with Crippen LogP contribution >= 0.6 is 0 Å². The highest BCUT2D eigenvalue weighted by atomic mass is 19.4. The van der Waals surface area contributed by atoms with Gasteiger partial charge in [-0.05, 0) is 20.8 Å². The molecule has 1 heterocycles. The molecule has 0 atom stereocenters. The smallest absolute Gasteiger partial charge is 0.419 e. The fourth-order valence-electron chi connectivity index (χ4n) is 0.904. The fraction of sp³-hybridized carbons (Fsp3) is 0.500. The summed E-state index contributed by atoms with van der Waals surface area (Å²) in [5.74, 6) is -1.25. The number of rotatable bonds is 1. The Balaban J connectivity index is 2.85. The molecule has 0 spiro atoms. The Hall–Kier alpha value is -1.66. The molecule has 7 heteroatoms. The Morgan fingerprint density at radius 3 is 2.00 bits per heavy atom. The normalized spacial score (nSPS) is 12.4. The number of halogens is 3. The van der Waals surface area contributed by atoms with E-state index in [1.54, 1.807) is 20.8 Å². The van der Waals surface area contributed by atoms with Gasteiger partial charge in [0.1, 0.15) is 5.60 Å². The SMILES string of the molecule is CC(C)(C)OC(=O)c1ncc(C(F)(F)F)cn1. The number of ether oxygens (including phenoxy) is 1. The van der Waals surface area contributed by atoms with E-state index in [4.69, 9.17) is 4.74 Å². The molecule has 0 aliphatic carbocycles. The Kier molecular flexibility index (Phi) is 3.40. The Bertz CT molecular complexity index is 407. The molecule has 0 saturated carbocycles. The highest BCUT2D eigenvalue weighted by Gasteiger charge is 2.32. The van der Waals surface area contributed by atoms with E-state index >= 15 is 0 Å². The van der Waals surface area contributed by atoms with Gasteiger partial charge in [0, 0.05) is 12.4 Å². The quantitative estimate of drug-likeness (QED) is 0.716. The lowest BCUT2D eigenvalue weighted by molar-refractivity contribution is -0.138. The third-order valence-electron chi connectivity index (χ3n) is 1.56. The predicted octanol–water partition coefficient (Wildman–Crippen LogP) is 2.45. The van der Waals surface area contributed by atoms with Crippen molar-refractivity contribution in [3.8, 4) is 0 Å². The molecule has 0 amide bonds. The van der Waals surface area contributed by atoms with E-state index < -0.39 is 29.1 Å². The predicted molar refractivity (Wildman–Crippen MR) is 52.2 cm³/mol. The van der Waals surface area contributed by atoms with Gasteiger partial charge in [-0.1, -0.05) is 0 Å². The van der Waals surface area contributed by atoms with Crippen molar-refractivity contribution in [3.63, 3.8) is 0 Å². The molecule has 0 aromatic carbocycles. The van der Waals surface area contributed by atoms with Crippen molar-refractivity contribution >= 4 is 5.97 Å². The second-order valence-corrected chi connectivity index (χ2v) is 4.29. The van der Waals surface area contributed by atoms with E-state index in [0.29, 0.717) is 12.4 Å². The van der Waals surface area contributed by atoms with E-state index in [9.17, 15) is 18.0 Å². The maximum atomic E-state index is 12.2. The van der Waals surface area contributed by atoms with Gasteiger partial charge in [-0.15, -0.1) is 0 Å². The molecule has 0 aliphatic heterocycles. The van der Waals surface area contributed by atoms with Gasteiger partial charge in [-0.3, -0.25) is 0 Å². The first-order valence-electron chi connectivity index (χ1n) is 4.72. The van der Waals surface area contributed by atoms with Crippen LogP contribution in [-0.4, -0.2) is 21.5 Å². The molecule has 1 aromatic heterocycles. The second kappa shape index (κ2) is 4.31. The lowest BCUT2D eigenvalue weighted by atomic mass is 10.2. The topological polar surface area (TPSA) is 52.1 Å². The van der Waals surface area contributed by atoms with Gasteiger partial charge >= 0.3 is 12.1 Å². The number of carbonyl (C=O) groups excluding carboxylic acids is 1. The van der Waals surface area contributed by atoms with Crippen LogP contribution in [0, 0.1) is 0 Å². The van der Waals surface area contributed by atoms with Gasteiger partial charge in [0.2, 0.25) is 5.82 Å².